The van der Waals surface area contributed by atoms with Crippen LogP contribution in [0.15, 0.2) is 54.6 Å². The zero-order valence-corrected chi connectivity index (χ0v) is 16.5. The van der Waals surface area contributed by atoms with Gasteiger partial charge in [-0.3, -0.25) is 14.4 Å². The number of benzene rings is 2. The Kier molecular flexibility index (Phi) is 6.99. The number of carbonyl (C=O) groups excluding carboxylic acids is 3. The van der Waals surface area contributed by atoms with Crippen LogP contribution in [0.25, 0.3) is 0 Å². The zero-order chi connectivity index (χ0) is 20.8. The van der Waals surface area contributed by atoms with Crippen molar-refractivity contribution in [3.05, 3.63) is 71.5 Å². The largest absolute Gasteiger partial charge is 0.454 e. The number of ether oxygens (including phenoxy) is 1. The average Bonchev–Trinajstić information content (AvgIpc) is 3.09. The monoisotopic (exact) mass is 417 g/mol. The molecule has 1 saturated heterocycles. The van der Waals surface area contributed by atoms with Crippen LogP contribution < -0.4 is 0 Å². The first-order valence-electron chi connectivity index (χ1n) is 9.36. The highest BCUT2D eigenvalue weighted by atomic mass is 35.5. The molecule has 3 rings (SSSR count). The molecule has 1 aliphatic heterocycles. The molecule has 5 nitrogen and oxygen atoms in total. The number of amides is 1. The molecule has 1 aliphatic rings. The maximum Gasteiger partial charge on any atom is 0.311 e. The van der Waals surface area contributed by atoms with Crippen LogP contribution in [0.2, 0.25) is 0 Å². The van der Waals surface area contributed by atoms with Gasteiger partial charge in [-0.2, -0.15) is 0 Å². The molecular formula is C22H21ClFNO4. The van der Waals surface area contributed by atoms with E-state index in [0.717, 1.165) is 5.56 Å². The van der Waals surface area contributed by atoms with Crippen molar-refractivity contribution in [1.82, 2.24) is 4.90 Å². The van der Waals surface area contributed by atoms with Gasteiger partial charge in [0.2, 0.25) is 11.7 Å². The van der Waals surface area contributed by atoms with Crippen molar-refractivity contribution in [2.24, 2.45) is 5.92 Å². The molecule has 1 fully saturated rings. The van der Waals surface area contributed by atoms with Crippen molar-refractivity contribution in [2.75, 3.05) is 12.4 Å². The van der Waals surface area contributed by atoms with Crippen LogP contribution in [-0.4, -0.2) is 41.1 Å². The molecule has 0 aliphatic carbocycles. The second kappa shape index (κ2) is 9.65. The summed E-state index contributed by atoms with van der Waals surface area (Å²) in [5, 5.41) is 0. The average molecular weight is 418 g/mol. The lowest BCUT2D eigenvalue weighted by molar-refractivity contribution is -0.151. The Morgan fingerprint density at radius 1 is 1.14 bits per heavy atom. The van der Waals surface area contributed by atoms with Gasteiger partial charge in [-0.15, -0.1) is 11.6 Å². The van der Waals surface area contributed by atoms with E-state index in [0.29, 0.717) is 6.54 Å². The van der Waals surface area contributed by atoms with Crippen molar-refractivity contribution in [3.63, 3.8) is 0 Å². The van der Waals surface area contributed by atoms with Crippen molar-refractivity contribution in [2.45, 2.75) is 25.5 Å². The van der Waals surface area contributed by atoms with Crippen molar-refractivity contribution in [1.29, 1.82) is 0 Å². The summed E-state index contributed by atoms with van der Waals surface area (Å²) in [6.45, 7) is 0.661. The van der Waals surface area contributed by atoms with Gasteiger partial charge < -0.3 is 9.64 Å². The van der Waals surface area contributed by atoms with Crippen LogP contribution in [0.5, 0.6) is 0 Å². The molecule has 0 aromatic heterocycles. The SMILES string of the molecule is O=C(O[C@@H](CCCl)C(=O)c1ccc(F)cc1)[C@H]1CC(=O)N(Cc2ccccc2)C1. The summed E-state index contributed by atoms with van der Waals surface area (Å²) in [6, 6.07) is 14.5. The van der Waals surface area contributed by atoms with Crippen LogP contribution in [0.1, 0.15) is 28.8 Å². The molecular weight excluding hydrogens is 397 g/mol. The molecule has 152 valence electrons. The standard InChI is InChI=1S/C22H21ClFNO4/c23-11-10-19(21(27)16-6-8-18(24)9-7-16)29-22(28)17-12-20(26)25(14-17)13-15-4-2-1-3-5-15/h1-9,17,19H,10-14H2/t17-,19-/m0/s1. The van der Waals surface area contributed by atoms with Crippen LogP contribution in [0.3, 0.4) is 0 Å². The summed E-state index contributed by atoms with van der Waals surface area (Å²) in [6.07, 6.45) is -0.884. The van der Waals surface area contributed by atoms with Crippen molar-refractivity contribution < 1.29 is 23.5 Å². The number of Topliss-reactive ketones (excluding diaryl/α,β-unsaturated/α-hetero) is 1. The fourth-order valence-corrected chi connectivity index (χ4v) is 3.46. The molecule has 0 radical (unpaired) electrons. The van der Waals surface area contributed by atoms with Crippen molar-refractivity contribution in [3.8, 4) is 0 Å². The molecule has 2 atom stereocenters. The predicted molar refractivity (Wildman–Crippen MR) is 106 cm³/mol. The Labute approximate surface area is 173 Å². The van der Waals surface area contributed by atoms with Gasteiger partial charge in [0.15, 0.2) is 6.10 Å². The molecule has 1 heterocycles. The van der Waals surface area contributed by atoms with E-state index >= 15 is 0 Å². The van der Waals surface area contributed by atoms with Crippen LogP contribution in [-0.2, 0) is 20.9 Å². The van der Waals surface area contributed by atoms with Crippen molar-refractivity contribution >= 4 is 29.3 Å². The van der Waals surface area contributed by atoms with Crippen LogP contribution in [0.4, 0.5) is 4.39 Å². The molecule has 0 bridgehead atoms. The molecule has 0 spiro atoms. The van der Waals surface area contributed by atoms with Crippen LogP contribution >= 0.6 is 11.6 Å². The van der Waals surface area contributed by atoms with E-state index in [1.54, 1.807) is 4.90 Å². The number of likely N-dealkylation sites (tertiary alicyclic amines) is 1. The Bertz CT molecular complexity index is 872. The van der Waals surface area contributed by atoms with Gasteiger partial charge in [0.05, 0.1) is 5.92 Å². The predicted octanol–water partition coefficient (Wildman–Crippen LogP) is 3.60. The topological polar surface area (TPSA) is 63.7 Å². The number of carbonyl (C=O) groups is 3. The summed E-state index contributed by atoms with van der Waals surface area (Å²) in [7, 11) is 0. The molecule has 1 amide bonds. The van der Waals surface area contributed by atoms with E-state index in [-0.39, 0.29) is 36.7 Å². The second-order valence-corrected chi connectivity index (χ2v) is 7.31. The van der Waals surface area contributed by atoms with E-state index in [4.69, 9.17) is 16.3 Å². The molecule has 0 saturated carbocycles. The fraction of sp³-hybridized carbons (Fsp3) is 0.318. The third kappa shape index (κ3) is 5.41. The number of alkyl halides is 1. The number of rotatable bonds is 8. The van der Waals surface area contributed by atoms with E-state index < -0.39 is 29.6 Å². The maximum absolute atomic E-state index is 13.1. The molecule has 0 unspecified atom stereocenters. The maximum atomic E-state index is 13.1. The van der Waals surface area contributed by atoms with Gasteiger partial charge in [-0.05, 0) is 29.8 Å². The number of nitrogens with zero attached hydrogens (tertiary/aromatic N) is 1. The van der Waals surface area contributed by atoms with E-state index in [9.17, 15) is 18.8 Å². The van der Waals surface area contributed by atoms with E-state index in [1.807, 2.05) is 30.3 Å². The van der Waals surface area contributed by atoms with Gasteiger partial charge in [0.1, 0.15) is 5.82 Å². The summed E-state index contributed by atoms with van der Waals surface area (Å²) >= 11 is 5.77. The summed E-state index contributed by atoms with van der Waals surface area (Å²) in [4.78, 5) is 39.1. The Morgan fingerprint density at radius 2 is 1.83 bits per heavy atom. The quantitative estimate of drug-likeness (QED) is 0.374. The first-order chi connectivity index (χ1) is 14.0. The highest BCUT2D eigenvalue weighted by Gasteiger charge is 2.37. The molecule has 2 aromatic carbocycles. The lowest BCUT2D eigenvalue weighted by Gasteiger charge is -2.19. The first-order valence-corrected chi connectivity index (χ1v) is 9.89. The second-order valence-electron chi connectivity index (χ2n) is 6.94. The van der Waals surface area contributed by atoms with Crippen LogP contribution in [0, 0.1) is 11.7 Å². The normalized spacial score (nSPS) is 17.2. The smallest absolute Gasteiger partial charge is 0.311 e. The number of ketones is 1. The van der Waals surface area contributed by atoms with E-state index in [1.165, 1.54) is 24.3 Å². The third-order valence-corrected chi connectivity index (χ3v) is 5.03. The number of hydrogen-bond donors (Lipinski definition) is 0. The van der Waals surface area contributed by atoms with Gasteiger partial charge in [0, 0.05) is 37.4 Å². The molecule has 7 heteroatoms. The minimum absolute atomic E-state index is 0.0456. The number of esters is 1. The van der Waals surface area contributed by atoms with Gasteiger partial charge >= 0.3 is 5.97 Å². The van der Waals surface area contributed by atoms with Gasteiger partial charge in [-0.25, -0.2) is 4.39 Å². The number of hydrogen-bond acceptors (Lipinski definition) is 4. The molecule has 2 aromatic rings. The summed E-state index contributed by atoms with van der Waals surface area (Å²) in [5.74, 6) is -2.15. The highest BCUT2D eigenvalue weighted by Crippen LogP contribution is 2.23. The Balaban J connectivity index is 1.63. The molecule has 0 N–H and O–H groups in total. The Morgan fingerprint density at radius 3 is 2.48 bits per heavy atom. The summed E-state index contributed by atoms with van der Waals surface area (Å²) in [5.41, 5.74) is 1.21. The Hall–Kier alpha value is -2.73. The lowest BCUT2D eigenvalue weighted by atomic mass is 10.0. The van der Waals surface area contributed by atoms with Gasteiger partial charge in [0.25, 0.3) is 0 Å². The summed E-state index contributed by atoms with van der Waals surface area (Å²) < 4.78 is 18.5. The number of halogens is 2. The van der Waals surface area contributed by atoms with Gasteiger partial charge in [-0.1, -0.05) is 30.3 Å². The fourth-order valence-electron chi connectivity index (χ4n) is 3.27. The minimum Gasteiger partial charge on any atom is -0.454 e. The first kappa shape index (κ1) is 21.0. The highest BCUT2D eigenvalue weighted by molar-refractivity contribution is 6.18. The third-order valence-electron chi connectivity index (χ3n) is 4.81. The van der Waals surface area contributed by atoms with E-state index in [2.05, 4.69) is 0 Å². The molecule has 29 heavy (non-hydrogen) atoms. The minimum atomic E-state index is -1.07. The lowest BCUT2D eigenvalue weighted by Crippen LogP contribution is -2.32. The zero-order valence-electron chi connectivity index (χ0n) is 15.7.